The van der Waals surface area contributed by atoms with E-state index in [4.69, 9.17) is 19.2 Å². The summed E-state index contributed by atoms with van der Waals surface area (Å²) in [6.45, 7) is 0.152. The second-order valence-electron chi connectivity index (χ2n) is 5.99. The Bertz CT molecular complexity index is 1230. The van der Waals surface area contributed by atoms with Gasteiger partial charge in [0.05, 0.1) is 18.2 Å². The van der Waals surface area contributed by atoms with Crippen LogP contribution in [0.25, 0.3) is 16.8 Å². The normalized spacial score (nSPS) is 17.1. The van der Waals surface area contributed by atoms with Gasteiger partial charge < -0.3 is 14.2 Å². The first-order valence-corrected chi connectivity index (χ1v) is 8.62. The highest BCUT2D eigenvalue weighted by Gasteiger charge is 2.21. The van der Waals surface area contributed by atoms with Crippen molar-refractivity contribution < 1.29 is 14.2 Å². The molecule has 28 heavy (non-hydrogen) atoms. The van der Waals surface area contributed by atoms with Crippen LogP contribution in [0.4, 0.5) is 11.5 Å². The summed E-state index contributed by atoms with van der Waals surface area (Å²) in [7, 11) is 0. The average molecular weight is 370 g/mol. The van der Waals surface area contributed by atoms with E-state index >= 15 is 0 Å². The van der Waals surface area contributed by atoms with Gasteiger partial charge in [0.25, 0.3) is 0 Å². The molecule has 0 spiro atoms. The Morgan fingerprint density at radius 1 is 0.964 bits per heavy atom. The van der Waals surface area contributed by atoms with Crippen molar-refractivity contribution >= 4 is 34.6 Å². The molecule has 0 radical (unpaired) electrons. The molecule has 7 nitrogen and oxygen atoms in total. The lowest BCUT2D eigenvalue weighted by molar-refractivity contribution is 0.174. The molecule has 2 aliphatic heterocycles. The summed E-state index contributed by atoms with van der Waals surface area (Å²) in [4.78, 5) is 17.7. The van der Waals surface area contributed by atoms with E-state index in [1.165, 1.54) is 6.33 Å². The fourth-order valence-electron chi connectivity index (χ4n) is 3.02. The third-order valence-corrected chi connectivity index (χ3v) is 4.28. The van der Waals surface area contributed by atoms with Gasteiger partial charge in [0, 0.05) is 28.7 Å². The lowest BCUT2D eigenvalue weighted by Gasteiger charge is -2.07. The first kappa shape index (κ1) is 16.2. The Labute approximate surface area is 160 Å². The topological polar surface area (TPSA) is 78.2 Å². The van der Waals surface area contributed by atoms with Crippen molar-refractivity contribution in [2.75, 3.05) is 6.79 Å². The van der Waals surface area contributed by atoms with Gasteiger partial charge in [0.15, 0.2) is 17.3 Å². The van der Waals surface area contributed by atoms with E-state index in [0.29, 0.717) is 28.2 Å². The second-order valence-corrected chi connectivity index (χ2v) is 5.99. The first-order valence-electron chi connectivity index (χ1n) is 8.62. The predicted molar refractivity (Wildman–Crippen MR) is 105 cm³/mol. The monoisotopic (exact) mass is 370 g/mol. The van der Waals surface area contributed by atoms with Crippen LogP contribution in [0.5, 0.6) is 11.5 Å². The summed E-state index contributed by atoms with van der Waals surface area (Å²) in [5.74, 6) is 1.76. The molecule has 5 rings (SSSR count). The molecule has 2 bridgehead atoms. The van der Waals surface area contributed by atoms with Crippen LogP contribution < -0.4 is 14.8 Å². The van der Waals surface area contributed by atoms with Crippen molar-refractivity contribution in [3.8, 4) is 11.5 Å². The molecule has 0 saturated heterocycles. The highest BCUT2D eigenvalue weighted by molar-refractivity contribution is 5.90. The van der Waals surface area contributed by atoms with Crippen molar-refractivity contribution in [1.29, 1.82) is 0 Å². The quantitative estimate of drug-likeness (QED) is 0.601. The number of rotatable bonds is 0. The first-order chi connectivity index (χ1) is 13.9. The van der Waals surface area contributed by atoms with Crippen molar-refractivity contribution in [2.45, 2.75) is 0 Å². The van der Waals surface area contributed by atoms with Crippen LogP contribution in [-0.4, -0.2) is 23.0 Å². The second kappa shape index (κ2) is 6.96. The maximum atomic E-state index is 5.74. The molecule has 7 heteroatoms. The maximum Gasteiger partial charge on any atom is 0.231 e. The average Bonchev–Trinajstić information content (AvgIpc) is 3.21. The highest BCUT2D eigenvalue weighted by Crippen LogP contribution is 2.38. The zero-order chi connectivity index (χ0) is 18.8. The number of aromatic nitrogens is 2. The van der Waals surface area contributed by atoms with Crippen LogP contribution in [0.3, 0.4) is 0 Å². The maximum absolute atomic E-state index is 5.74. The molecule has 0 atom stereocenters. The third-order valence-electron chi connectivity index (χ3n) is 4.28. The zero-order valence-electron chi connectivity index (χ0n) is 14.6. The molecule has 0 unspecified atom stereocenters. The number of benzene rings is 2. The molecule has 3 aromatic rings. The SMILES string of the molecule is C1=C/C=C/O/C=C/c2cncnc2N=c2c3c(c4ccc(c2c4)N=C1)OCO3. The van der Waals surface area contributed by atoms with Crippen LogP contribution in [-0.2, 0) is 4.74 Å². The molecule has 0 aliphatic carbocycles. The Morgan fingerprint density at radius 2 is 1.93 bits per heavy atom. The van der Waals surface area contributed by atoms with E-state index in [0.717, 1.165) is 16.5 Å². The van der Waals surface area contributed by atoms with Gasteiger partial charge in [-0.2, -0.15) is 0 Å². The molecule has 0 saturated carbocycles. The Morgan fingerprint density at radius 3 is 2.93 bits per heavy atom. The third kappa shape index (κ3) is 2.88. The predicted octanol–water partition coefficient (Wildman–Crippen LogP) is 3.80. The lowest BCUT2D eigenvalue weighted by Crippen LogP contribution is -2.07. The minimum absolute atomic E-state index is 0.152. The number of ether oxygens (including phenoxy) is 3. The Hall–Kier alpha value is -4.00. The van der Waals surface area contributed by atoms with E-state index in [9.17, 15) is 0 Å². The van der Waals surface area contributed by atoms with E-state index in [1.54, 1.807) is 37.1 Å². The van der Waals surface area contributed by atoms with E-state index in [-0.39, 0.29) is 6.79 Å². The number of allylic oxidation sites excluding steroid dienone is 3. The van der Waals surface area contributed by atoms with Crippen molar-refractivity contribution in [2.24, 2.45) is 9.98 Å². The fourth-order valence-corrected chi connectivity index (χ4v) is 3.02. The molecular weight excluding hydrogens is 356 g/mol. The number of fused-ring (bicyclic) bond motifs is 5. The van der Waals surface area contributed by atoms with Gasteiger partial charge in [0.1, 0.15) is 11.7 Å². The van der Waals surface area contributed by atoms with Crippen molar-refractivity contribution in [3.63, 3.8) is 0 Å². The molecule has 136 valence electrons. The molecule has 0 amide bonds. The van der Waals surface area contributed by atoms with E-state index in [2.05, 4.69) is 15.0 Å². The lowest BCUT2D eigenvalue weighted by atomic mass is 10.1. The van der Waals surface area contributed by atoms with Crippen LogP contribution in [0.15, 0.2) is 71.5 Å². The van der Waals surface area contributed by atoms with Gasteiger partial charge in [-0.3, -0.25) is 4.99 Å². The van der Waals surface area contributed by atoms with Crippen molar-refractivity contribution in [1.82, 2.24) is 9.97 Å². The number of hydrogen-bond acceptors (Lipinski definition) is 7. The van der Waals surface area contributed by atoms with Gasteiger partial charge in [-0.05, 0) is 36.4 Å². The van der Waals surface area contributed by atoms with Crippen LogP contribution in [0.1, 0.15) is 5.56 Å². The molecule has 3 heterocycles. The number of hydrogen-bond donors (Lipinski definition) is 0. The summed E-state index contributed by atoms with van der Waals surface area (Å²) in [5.41, 5.74) is 1.48. The largest absolute Gasteiger partial charge is 0.473 e. The van der Waals surface area contributed by atoms with Crippen LogP contribution >= 0.6 is 0 Å². The highest BCUT2D eigenvalue weighted by atomic mass is 16.7. The van der Waals surface area contributed by atoms with E-state index in [1.807, 2.05) is 30.4 Å². The zero-order valence-corrected chi connectivity index (χ0v) is 14.6. The minimum Gasteiger partial charge on any atom is -0.473 e. The summed E-state index contributed by atoms with van der Waals surface area (Å²) >= 11 is 0. The standard InChI is InChI=1S/C21H14N4O3/c1-2-7-23-17-5-4-14-10-16(17)18(20-19(14)27-13-28-20)25-21-15(11-22-12-24-21)6-9-26-8-3-1/h1-12H,13H2/b2-1?,8-3+,9-6+,23-7?,25-18?. The van der Waals surface area contributed by atoms with Gasteiger partial charge >= 0.3 is 0 Å². The van der Waals surface area contributed by atoms with Gasteiger partial charge in [0.2, 0.25) is 6.79 Å². The molecular formula is C21H14N4O3. The summed E-state index contributed by atoms with van der Waals surface area (Å²) in [5, 5.41) is 2.41. The summed E-state index contributed by atoms with van der Waals surface area (Å²) in [6.07, 6.45) is 15.1. The molecule has 2 aromatic carbocycles. The van der Waals surface area contributed by atoms with Gasteiger partial charge in [-0.15, -0.1) is 0 Å². The molecule has 2 aliphatic rings. The number of aliphatic imine (C=N–C) groups is 1. The fraction of sp³-hybridized carbons (Fsp3) is 0.0476. The van der Waals surface area contributed by atoms with Gasteiger partial charge in [-0.25, -0.2) is 15.0 Å². The molecule has 0 fully saturated rings. The van der Waals surface area contributed by atoms with Gasteiger partial charge in [-0.1, -0.05) is 6.08 Å². The van der Waals surface area contributed by atoms with Crippen LogP contribution in [0, 0.1) is 0 Å². The summed E-state index contributed by atoms with van der Waals surface area (Å²) < 4.78 is 16.7. The van der Waals surface area contributed by atoms with Crippen LogP contribution in [0.2, 0.25) is 0 Å². The summed E-state index contributed by atoms with van der Waals surface area (Å²) in [6, 6.07) is 5.90. The van der Waals surface area contributed by atoms with Crippen molar-refractivity contribution in [3.05, 3.63) is 72.4 Å². The Balaban J connectivity index is 1.84. The van der Waals surface area contributed by atoms with E-state index < -0.39 is 0 Å². The smallest absolute Gasteiger partial charge is 0.231 e. The molecule has 1 aromatic heterocycles. The Kier molecular flexibility index (Phi) is 4.02. The molecule has 0 N–H and O–H groups in total. The number of nitrogens with zero attached hydrogens (tertiary/aromatic N) is 4. The minimum atomic E-state index is 0.152.